The molecule has 0 unspecified atom stereocenters. The first-order chi connectivity index (χ1) is 27.8. The van der Waals surface area contributed by atoms with Crippen LogP contribution in [-0.2, 0) is 0 Å². The number of anilines is 3. The third-order valence-electron chi connectivity index (χ3n) is 11.8. The molecule has 9 aromatic rings. The van der Waals surface area contributed by atoms with Gasteiger partial charge in [0, 0.05) is 44.9 Å². The van der Waals surface area contributed by atoms with Crippen molar-refractivity contribution in [2.75, 3.05) is 4.90 Å². The number of hydrogen-bond acceptors (Lipinski definition) is 1. The van der Waals surface area contributed by atoms with Gasteiger partial charge >= 0.3 is 0 Å². The summed E-state index contributed by atoms with van der Waals surface area (Å²) < 4.78 is 2.64. The Morgan fingerprint density at radius 3 is 1.27 bits per heavy atom. The summed E-state index contributed by atoms with van der Waals surface area (Å²) in [6.07, 6.45) is 6.60. The minimum Gasteiger partial charge on any atom is -0.337 e. The number of fused-ring (bicyclic) bond motifs is 3. The third kappa shape index (κ3) is 6.48. The van der Waals surface area contributed by atoms with Gasteiger partial charge in [-0.3, -0.25) is 0 Å². The molecule has 0 amide bonds. The van der Waals surface area contributed by atoms with Crippen LogP contribution in [0.2, 0.25) is 0 Å². The van der Waals surface area contributed by atoms with E-state index in [-0.39, 0.29) is 0 Å². The largest absolute Gasteiger partial charge is 0.337 e. The van der Waals surface area contributed by atoms with E-state index in [2.05, 4.69) is 210 Å². The van der Waals surface area contributed by atoms with Gasteiger partial charge in [-0.25, -0.2) is 0 Å². The lowest BCUT2D eigenvalue weighted by molar-refractivity contribution is 0.367. The number of benzene rings is 8. The quantitative estimate of drug-likeness (QED) is 0.152. The zero-order chi connectivity index (χ0) is 37.3. The second-order valence-electron chi connectivity index (χ2n) is 15.2. The second kappa shape index (κ2) is 14.9. The van der Waals surface area contributed by atoms with Crippen LogP contribution in [0.5, 0.6) is 0 Å². The van der Waals surface area contributed by atoms with Gasteiger partial charge in [0.25, 0.3) is 0 Å². The van der Waals surface area contributed by atoms with Gasteiger partial charge < -0.3 is 9.47 Å². The van der Waals surface area contributed by atoms with E-state index in [1.54, 1.807) is 0 Å². The SMILES string of the molecule is c1ccc(-c2ccc(N(c3ccccc3)c3ccc(-c4ccc(-c5ccc(-c6ccc7c(c6)c6ccccc6n7C6CCCCC6)cc5)cc4)cc3)cc2)cc1. The Kier molecular flexibility index (Phi) is 9.01. The Hall–Kier alpha value is -6.64. The number of hydrogen-bond donors (Lipinski definition) is 0. The highest BCUT2D eigenvalue weighted by Gasteiger charge is 2.21. The van der Waals surface area contributed by atoms with E-state index < -0.39 is 0 Å². The summed E-state index contributed by atoms with van der Waals surface area (Å²) in [6, 6.07) is 73.6. The molecular formula is C54H44N2. The first kappa shape index (κ1) is 33.9. The summed E-state index contributed by atoms with van der Waals surface area (Å²) in [6.45, 7) is 0. The van der Waals surface area contributed by atoms with Crippen LogP contribution in [0.1, 0.15) is 38.1 Å². The van der Waals surface area contributed by atoms with Crippen LogP contribution in [0.25, 0.3) is 66.3 Å². The molecule has 0 radical (unpaired) electrons. The smallest absolute Gasteiger partial charge is 0.0494 e. The summed E-state index contributed by atoms with van der Waals surface area (Å²) in [5.41, 5.74) is 15.9. The minimum atomic E-state index is 0.598. The summed E-state index contributed by atoms with van der Waals surface area (Å²) in [5, 5.41) is 2.73. The van der Waals surface area contributed by atoms with Crippen LogP contribution in [0.4, 0.5) is 17.1 Å². The van der Waals surface area contributed by atoms with Crippen molar-refractivity contribution < 1.29 is 0 Å². The minimum absolute atomic E-state index is 0.598. The monoisotopic (exact) mass is 720 g/mol. The van der Waals surface area contributed by atoms with Gasteiger partial charge in [0.1, 0.15) is 0 Å². The molecule has 0 N–H and O–H groups in total. The fourth-order valence-electron chi connectivity index (χ4n) is 8.89. The molecule has 1 aliphatic rings. The van der Waals surface area contributed by atoms with Crippen LogP contribution in [0.15, 0.2) is 200 Å². The van der Waals surface area contributed by atoms with E-state index in [0.29, 0.717) is 6.04 Å². The fourth-order valence-corrected chi connectivity index (χ4v) is 8.89. The normalized spacial score (nSPS) is 13.3. The predicted molar refractivity (Wildman–Crippen MR) is 238 cm³/mol. The molecule has 0 spiro atoms. The molecule has 1 heterocycles. The van der Waals surface area contributed by atoms with Crippen LogP contribution < -0.4 is 4.90 Å². The van der Waals surface area contributed by atoms with Crippen LogP contribution in [0, 0.1) is 0 Å². The molecule has 2 heteroatoms. The van der Waals surface area contributed by atoms with Crippen molar-refractivity contribution in [3.05, 3.63) is 200 Å². The lowest BCUT2D eigenvalue weighted by Crippen LogP contribution is -2.12. The molecule has 1 aliphatic carbocycles. The van der Waals surface area contributed by atoms with Crippen LogP contribution in [0.3, 0.4) is 0 Å². The van der Waals surface area contributed by atoms with Gasteiger partial charge in [-0.15, -0.1) is 0 Å². The first-order valence-corrected chi connectivity index (χ1v) is 20.1. The molecule has 1 fully saturated rings. The Labute approximate surface area is 330 Å². The van der Waals surface area contributed by atoms with Crippen LogP contribution in [-0.4, -0.2) is 4.57 Å². The van der Waals surface area contributed by atoms with Gasteiger partial charge in [-0.2, -0.15) is 0 Å². The van der Waals surface area contributed by atoms with E-state index in [1.807, 2.05) is 0 Å². The highest BCUT2D eigenvalue weighted by Crippen LogP contribution is 2.40. The van der Waals surface area contributed by atoms with Crippen molar-refractivity contribution in [2.45, 2.75) is 38.1 Å². The maximum Gasteiger partial charge on any atom is 0.0494 e. The molecule has 8 aromatic carbocycles. The van der Waals surface area contributed by atoms with Crippen molar-refractivity contribution in [3.8, 4) is 44.5 Å². The molecule has 0 bridgehead atoms. The van der Waals surface area contributed by atoms with E-state index in [1.165, 1.54) is 98.4 Å². The zero-order valence-electron chi connectivity index (χ0n) is 31.6. The van der Waals surface area contributed by atoms with Crippen molar-refractivity contribution in [2.24, 2.45) is 0 Å². The highest BCUT2D eigenvalue weighted by atomic mass is 15.1. The van der Waals surface area contributed by atoms with Gasteiger partial charge in [-0.05, 0) is 112 Å². The number of para-hydroxylation sites is 2. The molecule has 270 valence electrons. The molecule has 1 aromatic heterocycles. The number of nitrogens with zero attached hydrogens (tertiary/aromatic N) is 2. The topological polar surface area (TPSA) is 8.17 Å². The highest BCUT2D eigenvalue weighted by molar-refractivity contribution is 6.09. The Balaban J connectivity index is 0.884. The maximum atomic E-state index is 2.64. The zero-order valence-corrected chi connectivity index (χ0v) is 31.6. The predicted octanol–water partition coefficient (Wildman–Crippen LogP) is 15.4. The first-order valence-electron chi connectivity index (χ1n) is 20.1. The van der Waals surface area contributed by atoms with Gasteiger partial charge in [0.05, 0.1) is 0 Å². The Morgan fingerprint density at radius 2 is 0.714 bits per heavy atom. The van der Waals surface area contributed by atoms with E-state index in [9.17, 15) is 0 Å². The molecule has 56 heavy (non-hydrogen) atoms. The van der Waals surface area contributed by atoms with Gasteiger partial charge in [-0.1, -0.05) is 165 Å². The van der Waals surface area contributed by atoms with Gasteiger partial charge in [0.15, 0.2) is 0 Å². The summed E-state index contributed by atoms with van der Waals surface area (Å²) in [5.74, 6) is 0. The van der Waals surface area contributed by atoms with E-state index in [0.717, 1.165) is 17.1 Å². The van der Waals surface area contributed by atoms with Crippen molar-refractivity contribution in [3.63, 3.8) is 0 Å². The van der Waals surface area contributed by atoms with Crippen molar-refractivity contribution >= 4 is 38.9 Å². The Morgan fingerprint density at radius 1 is 0.321 bits per heavy atom. The van der Waals surface area contributed by atoms with Crippen molar-refractivity contribution in [1.29, 1.82) is 0 Å². The lowest BCUT2D eigenvalue weighted by atomic mass is 9.95. The number of aromatic nitrogens is 1. The summed E-state index contributed by atoms with van der Waals surface area (Å²) in [4.78, 5) is 2.32. The summed E-state index contributed by atoms with van der Waals surface area (Å²) >= 11 is 0. The maximum absolute atomic E-state index is 2.64. The molecule has 2 nitrogen and oxygen atoms in total. The lowest BCUT2D eigenvalue weighted by Gasteiger charge is -2.26. The van der Waals surface area contributed by atoms with Crippen molar-refractivity contribution in [1.82, 2.24) is 4.57 Å². The average molecular weight is 721 g/mol. The summed E-state index contributed by atoms with van der Waals surface area (Å²) in [7, 11) is 0. The van der Waals surface area contributed by atoms with E-state index >= 15 is 0 Å². The standard InChI is InChI=1S/C54H44N2/c1-4-12-39(13-5-1)43-28-33-49(34-29-43)55(47-14-6-2-7-15-47)50-35-30-44(31-36-50)42-22-20-40(21-23-42)41-24-26-45(27-25-41)46-32-37-54-52(38-46)51-18-10-11-19-53(51)56(54)48-16-8-3-9-17-48/h1-2,4-7,10-15,18-38,48H,3,8-9,16-17H2. The second-order valence-corrected chi connectivity index (χ2v) is 15.2. The molecule has 0 saturated heterocycles. The van der Waals surface area contributed by atoms with Crippen LogP contribution >= 0.6 is 0 Å². The van der Waals surface area contributed by atoms with E-state index in [4.69, 9.17) is 0 Å². The van der Waals surface area contributed by atoms with Gasteiger partial charge in [0.2, 0.25) is 0 Å². The Bertz CT molecular complexity index is 2720. The fraction of sp³-hybridized carbons (Fsp3) is 0.111. The molecular weight excluding hydrogens is 677 g/mol. The number of rotatable bonds is 8. The molecule has 1 saturated carbocycles. The molecule has 10 rings (SSSR count). The third-order valence-corrected chi connectivity index (χ3v) is 11.8. The molecule has 0 atom stereocenters. The average Bonchev–Trinajstić information content (AvgIpc) is 3.62. The molecule has 0 aliphatic heterocycles.